The van der Waals surface area contributed by atoms with Crippen LogP contribution in [0.25, 0.3) is 22.2 Å². The van der Waals surface area contributed by atoms with Crippen LogP contribution in [0.15, 0.2) is 55.0 Å². The van der Waals surface area contributed by atoms with E-state index in [1.54, 1.807) is 24.3 Å². The molecule has 2 aromatic heterocycles. The molecule has 0 saturated carbocycles. The van der Waals surface area contributed by atoms with Crippen LogP contribution < -0.4 is 10.5 Å². The van der Waals surface area contributed by atoms with E-state index >= 15 is 0 Å². The van der Waals surface area contributed by atoms with Gasteiger partial charge in [0.25, 0.3) is 0 Å². The number of nitrogen functional groups attached to an aromatic ring is 1. The molecule has 2 aromatic carbocycles. The molecule has 0 aliphatic carbocycles. The van der Waals surface area contributed by atoms with Crippen LogP contribution >= 0.6 is 11.6 Å². The zero-order valence-electron chi connectivity index (χ0n) is 16.3. The fraction of sp³-hybridized carbons (Fsp3) is 0.182. The largest absolute Gasteiger partial charge is 0.508 e. The number of rotatable bonds is 3. The predicted octanol–water partition coefficient (Wildman–Crippen LogP) is 5.59. The van der Waals surface area contributed by atoms with Crippen molar-refractivity contribution in [3.63, 3.8) is 0 Å². The monoisotopic (exact) mass is 408 g/mol. The highest BCUT2D eigenvalue weighted by Gasteiger charge is 2.22. The second-order valence-electron chi connectivity index (χ2n) is 7.79. The molecule has 0 unspecified atom stereocenters. The molecule has 148 valence electrons. The summed E-state index contributed by atoms with van der Waals surface area (Å²) < 4.78 is 7.89. The molecular formula is C22H21ClN4O2. The van der Waals surface area contributed by atoms with Crippen LogP contribution in [0, 0.1) is 0 Å². The third kappa shape index (κ3) is 3.59. The molecule has 4 rings (SSSR count). The second kappa shape index (κ2) is 6.97. The number of anilines is 1. The number of hydrogen-bond donors (Lipinski definition) is 2. The van der Waals surface area contributed by atoms with E-state index in [1.807, 2.05) is 18.3 Å². The summed E-state index contributed by atoms with van der Waals surface area (Å²) in [5.74, 6) is 1.54. The maximum Gasteiger partial charge on any atom is 0.146 e. The summed E-state index contributed by atoms with van der Waals surface area (Å²) in [5, 5.41) is 10.8. The van der Waals surface area contributed by atoms with Crippen LogP contribution in [-0.2, 0) is 5.54 Å². The zero-order chi connectivity index (χ0) is 20.8. The molecule has 4 aromatic rings. The fourth-order valence-corrected chi connectivity index (χ4v) is 3.46. The molecule has 0 amide bonds. The Kier molecular flexibility index (Phi) is 4.59. The van der Waals surface area contributed by atoms with Gasteiger partial charge in [0.1, 0.15) is 35.0 Å². The minimum absolute atomic E-state index is 0.126. The molecule has 0 fully saturated rings. The average molecular weight is 409 g/mol. The summed E-state index contributed by atoms with van der Waals surface area (Å²) in [4.78, 5) is 8.61. The third-order valence-electron chi connectivity index (χ3n) is 4.62. The molecule has 29 heavy (non-hydrogen) atoms. The Labute approximate surface area is 173 Å². The van der Waals surface area contributed by atoms with E-state index in [9.17, 15) is 5.11 Å². The van der Waals surface area contributed by atoms with Crippen molar-refractivity contribution < 1.29 is 9.84 Å². The number of aromatic hydroxyl groups is 1. The van der Waals surface area contributed by atoms with E-state index in [-0.39, 0.29) is 11.3 Å². The highest BCUT2D eigenvalue weighted by molar-refractivity contribution is 6.32. The van der Waals surface area contributed by atoms with Crippen LogP contribution in [-0.4, -0.2) is 19.6 Å². The SMILES string of the molecule is CC(C)(C)n1cc(-c2ccc(Oc3cccc(O)c3)c(Cl)c2)c2c(N)ncnc21. The van der Waals surface area contributed by atoms with Crippen LogP contribution in [0.2, 0.25) is 5.02 Å². The zero-order valence-corrected chi connectivity index (χ0v) is 17.1. The lowest BCUT2D eigenvalue weighted by atomic mass is 10.1. The van der Waals surface area contributed by atoms with Gasteiger partial charge in [-0.2, -0.15) is 0 Å². The lowest BCUT2D eigenvalue weighted by Crippen LogP contribution is -2.21. The highest BCUT2D eigenvalue weighted by atomic mass is 35.5. The van der Waals surface area contributed by atoms with Crippen LogP contribution in [0.4, 0.5) is 5.82 Å². The number of fused-ring (bicyclic) bond motifs is 1. The molecule has 0 aliphatic heterocycles. The van der Waals surface area contributed by atoms with E-state index in [4.69, 9.17) is 22.1 Å². The van der Waals surface area contributed by atoms with Gasteiger partial charge in [-0.15, -0.1) is 0 Å². The van der Waals surface area contributed by atoms with Crippen molar-refractivity contribution in [3.05, 3.63) is 60.0 Å². The van der Waals surface area contributed by atoms with E-state index in [1.165, 1.54) is 12.4 Å². The third-order valence-corrected chi connectivity index (χ3v) is 4.92. The number of ether oxygens (including phenoxy) is 1. The summed E-state index contributed by atoms with van der Waals surface area (Å²) >= 11 is 6.50. The molecule has 3 N–H and O–H groups in total. The Bertz CT molecular complexity index is 1210. The van der Waals surface area contributed by atoms with Gasteiger partial charge < -0.3 is 20.1 Å². The van der Waals surface area contributed by atoms with Gasteiger partial charge in [-0.1, -0.05) is 23.7 Å². The summed E-state index contributed by atoms with van der Waals surface area (Å²) in [5.41, 5.74) is 8.57. The van der Waals surface area contributed by atoms with E-state index < -0.39 is 0 Å². The molecule has 0 aliphatic rings. The second-order valence-corrected chi connectivity index (χ2v) is 8.19. The van der Waals surface area contributed by atoms with E-state index in [0.717, 1.165) is 22.2 Å². The highest BCUT2D eigenvalue weighted by Crippen LogP contribution is 2.39. The van der Waals surface area contributed by atoms with Crippen molar-refractivity contribution in [1.29, 1.82) is 0 Å². The number of phenols is 1. The van der Waals surface area contributed by atoms with Crippen molar-refractivity contribution in [3.8, 4) is 28.4 Å². The maximum absolute atomic E-state index is 9.61. The van der Waals surface area contributed by atoms with Gasteiger partial charge in [-0.3, -0.25) is 0 Å². The summed E-state index contributed by atoms with van der Waals surface area (Å²) in [7, 11) is 0. The minimum atomic E-state index is -0.181. The van der Waals surface area contributed by atoms with Crippen molar-refractivity contribution in [1.82, 2.24) is 14.5 Å². The lowest BCUT2D eigenvalue weighted by molar-refractivity contribution is 0.408. The smallest absolute Gasteiger partial charge is 0.146 e. The molecule has 6 nitrogen and oxygen atoms in total. The quantitative estimate of drug-likeness (QED) is 0.461. The topological polar surface area (TPSA) is 86.2 Å². The van der Waals surface area contributed by atoms with Gasteiger partial charge in [-0.05, 0) is 50.6 Å². The van der Waals surface area contributed by atoms with E-state index in [0.29, 0.717) is 22.3 Å². The van der Waals surface area contributed by atoms with Crippen molar-refractivity contribution in [2.24, 2.45) is 0 Å². The van der Waals surface area contributed by atoms with Gasteiger partial charge >= 0.3 is 0 Å². The summed E-state index contributed by atoms with van der Waals surface area (Å²) in [6, 6.07) is 12.1. The number of nitrogens with two attached hydrogens (primary N) is 1. The normalized spacial score (nSPS) is 11.7. The summed E-state index contributed by atoms with van der Waals surface area (Å²) in [6.45, 7) is 6.31. The van der Waals surface area contributed by atoms with Crippen LogP contribution in [0.3, 0.4) is 0 Å². The van der Waals surface area contributed by atoms with Crippen molar-refractivity contribution in [2.75, 3.05) is 5.73 Å². The Morgan fingerprint density at radius 2 is 1.90 bits per heavy atom. The lowest BCUT2D eigenvalue weighted by Gasteiger charge is -2.21. The van der Waals surface area contributed by atoms with Crippen LogP contribution in [0.5, 0.6) is 17.2 Å². The average Bonchev–Trinajstić information content (AvgIpc) is 3.05. The Morgan fingerprint density at radius 3 is 2.59 bits per heavy atom. The Balaban J connectivity index is 1.80. The number of benzene rings is 2. The first-order valence-electron chi connectivity index (χ1n) is 9.13. The van der Waals surface area contributed by atoms with Gasteiger partial charge in [-0.25, -0.2) is 9.97 Å². The van der Waals surface area contributed by atoms with Gasteiger partial charge in [0.2, 0.25) is 0 Å². The molecule has 0 atom stereocenters. The Hall–Kier alpha value is -3.25. The molecule has 7 heteroatoms. The molecule has 0 radical (unpaired) electrons. The number of hydrogen-bond acceptors (Lipinski definition) is 5. The molecular weight excluding hydrogens is 388 g/mol. The Morgan fingerprint density at radius 1 is 1.10 bits per heavy atom. The first-order chi connectivity index (χ1) is 13.7. The minimum Gasteiger partial charge on any atom is -0.508 e. The van der Waals surface area contributed by atoms with Gasteiger partial charge in [0.05, 0.1) is 10.4 Å². The van der Waals surface area contributed by atoms with Gasteiger partial charge in [0.15, 0.2) is 0 Å². The van der Waals surface area contributed by atoms with E-state index in [2.05, 4.69) is 35.3 Å². The fourth-order valence-electron chi connectivity index (χ4n) is 3.24. The maximum atomic E-state index is 9.61. The molecule has 0 spiro atoms. The number of aromatic nitrogens is 3. The standard InChI is InChI=1S/C22H21ClN4O2/c1-22(2,3)27-11-16(19-20(24)25-12-26-21(19)27)13-7-8-18(17(23)9-13)29-15-6-4-5-14(28)10-15/h4-12,28H,1-3H3,(H2,24,25,26). The summed E-state index contributed by atoms with van der Waals surface area (Å²) in [6.07, 6.45) is 3.50. The number of phenolic OH excluding ortho intramolecular Hbond substituents is 1. The predicted molar refractivity (Wildman–Crippen MR) is 116 cm³/mol. The van der Waals surface area contributed by atoms with Crippen LogP contribution in [0.1, 0.15) is 20.8 Å². The van der Waals surface area contributed by atoms with Crippen molar-refractivity contribution >= 4 is 28.5 Å². The first-order valence-corrected chi connectivity index (χ1v) is 9.50. The number of halogens is 1. The molecule has 0 bridgehead atoms. The molecule has 0 saturated heterocycles. The van der Waals surface area contributed by atoms with Crippen molar-refractivity contribution in [2.45, 2.75) is 26.3 Å². The molecule has 2 heterocycles. The number of nitrogens with zero attached hydrogens (tertiary/aromatic N) is 3. The first kappa shape index (κ1) is 19.1. The van der Waals surface area contributed by atoms with Gasteiger partial charge in [0, 0.05) is 23.4 Å².